The Bertz CT molecular complexity index is 519. The highest BCUT2D eigenvalue weighted by atomic mass is 35.5. The summed E-state index contributed by atoms with van der Waals surface area (Å²) in [6, 6.07) is 7.57. The topological polar surface area (TPSA) is 64.8 Å². The Kier molecular flexibility index (Phi) is 4.64. The van der Waals surface area contributed by atoms with Crippen LogP contribution in [0.4, 0.5) is 0 Å². The van der Waals surface area contributed by atoms with Crippen LogP contribution in [0.3, 0.4) is 0 Å². The Morgan fingerprint density at radius 2 is 2.05 bits per heavy atom. The number of halogens is 1. The van der Waals surface area contributed by atoms with Crippen molar-refractivity contribution < 1.29 is 14.3 Å². The molecule has 3 rings (SSSR count). The second-order valence-corrected chi connectivity index (χ2v) is 5.69. The predicted molar refractivity (Wildman–Crippen MR) is 82.0 cm³/mol. The van der Waals surface area contributed by atoms with Crippen LogP contribution in [0.5, 0.6) is 11.5 Å². The van der Waals surface area contributed by atoms with Crippen molar-refractivity contribution in [3.05, 3.63) is 24.3 Å². The van der Waals surface area contributed by atoms with Crippen LogP contribution in [-0.2, 0) is 4.79 Å². The molecule has 1 aromatic carbocycles. The van der Waals surface area contributed by atoms with Crippen molar-refractivity contribution in [2.75, 3.05) is 20.2 Å². The van der Waals surface area contributed by atoms with E-state index in [1.165, 1.54) is 0 Å². The molecule has 0 bridgehead atoms. The van der Waals surface area contributed by atoms with Gasteiger partial charge in [0.1, 0.15) is 6.61 Å². The van der Waals surface area contributed by atoms with Crippen LogP contribution in [-0.4, -0.2) is 42.6 Å². The number of carbonyl (C=O) groups excluding carboxylic acids is 1. The monoisotopic (exact) mass is 312 g/mol. The fourth-order valence-electron chi connectivity index (χ4n) is 2.69. The van der Waals surface area contributed by atoms with Crippen LogP contribution in [0.15, 0.2) is 24.3 Å². The van der Waals surface area contributed by atoms with E-state index < -0.39 is 5.54 Å². The lowest BCUT2D eigenvalue weighted by Crippen LogP contribution is -2.60. The maximum Gasteiger partial charge on any atom is 0.242 e. The van der Waals surface area contributed by atoms with Gasteiger partial charge in [0, 0.05) is 7.05 Å². The highest BCUT2D eigenvalue weighted by Crippen LogP contribution is 2.32. The van der Waals surface area contributed by atoms with E-state index in [1.54, 1.807) is 11.9 Å². The highest BCUT2D eigenvalue weighted by molar-refractivity contribution is 5.87. The summed E-state index contributed by atoms with van der Waals surface area (Å²) in [4.78, 5) is 13.9. The number of fused-ring (bicyclic) bond motifs is 1. The zero-order valence-electron chi connectivity index (χ0n) is 12.1. The Labute approximate surface area is 130 Å². The van der Waals surface area contributed by atoms with Crippen molar-refractivity contribution in [3.8, 4) is 11.5 Å². The van der Waals surface area contributed by atoms with Crippen molar-refractivity contribution in [1.29, 1.82) is 0 Å². The van der Waals surface area contributed by atoms with Gasteiger partial charge in [-0.15, -0.1) is 12.4 Å². The van der Waals surface area contributed by atoms with Gasteiger partial charge in [-0.2, -0.15) is 0 Å². The lowest BCUT2D eigenvalue weighted by Gasteiger charge is -2.40. The molecule has 21 heavy (non-hydrogen) atoms. The normalized spacial score (nSPS) is 21.7. The molecule has 2 N–H and O–H groups in total. The van der Waals surface area contributed by atoms with Gasteiger partial charge in [-0.3, -0.25) is 4.79 Å². The van der Waals surface area contributed by atoms with E-state index in [0.717, 1.165) is 30.8 Å². The molecule has 6 heteroatoms. The summed E-state index contributed by atoms with van der Waals surface area (Å²) in [5.74, 6) is 1.49. The minimum atomic E-state index is -0.651. The number of benzene rings is 1. The van der Waals surface area contributed by atoms with Crippen LogP contribution in [0.1, 0.15) is 19.3 Å². The largest absolute Gasteiger partial charge is 0.486 e. The summed E-state index contributed by atoms with van der Waals surface area (Å²) >= 11 is 0. The summed E-state index contributed by atoms with van der Waals surface area (Å²) < 4.78 is 11.5. The number of nitrogens with zero attached hydrogens (tertiary/aromatic N) is 1. The van der Waals surface area contributed by atoms with E-state index in [2.05, 4.69) is 0 Å². The molecule has 1 aliphatic carbocycles. The first-order valence-corrected chi connectivity index (χ1v) is 7.01. The molecule has 0 saturated heterocycles. The van der Waals surface area contributed by atoms with Crippen molar-refractivity contribution in [2.45, 2.75) is 30.9 Å². The molecule has 1 heterocycles. The Morgan fingerprint density at radius 3 is 2.67 bits per heavy atom. The summed E-state index contributed by atoms with van der Waals surface area (Å²) in [7, 11) is 1.78. The maximum absolute atomic E-state index is 12.3. The van der Waals surface area contributed by atoms with Crippen LogP contribution >= 0.6 is 12.4 Å². The minimum Gasteiger partial charge on any atom is -0.486 e. The Hall–Kier alpha value is -1.46. The molecule has 1 amide bonds. The first-order chi connectivity index (χ1) is 9.58. The SMILES string of the molecule is CN(CC1COc2ccccc2O1)C(=O)C1(N)CCC1.Cl. The third-order valence-corrected chi connectivity index (χ3v) is 4.06. The van der Waals surface area contributed by atoms with Crippen molar-refractivity contribution in [1.82, 2.24) is 4.90 Å². The first kappa shape index (κ1) is 15.9. The standard InChI is InChI=1S/C15H20N2O3.ClH/c1-17(14(18)15(16)7-4-8-15)9-11-10-19-12-5-2-3-6-13(12)20-11;/h2-3,5-6,11H,4,7-10,16H2,1H3;1H. The van der Waals surface area contributed by atoms with E-state index in [-0.39, 0.29) is 24.4 Å². The number of likely N-dealkylation sites (N-methyl/N-ethyl adjacent to an activating group) is 1. The number of ether oxygens (including phenoxy) is 2. The number of rotatable bonds is 3. The third-order valence-electron chi connectivity index (χ3n) is 4.06. The molecule has 1 aliphatic heterocycles. The smallest absolute Gasteiger partial charge is 0.242 e. The summed E-state index contributed by atoms with van der Waals surface area (Å²) in [5.41, 5.74) is 5.42. The highest BCUT2D eigenvalue weighted by Gasteiger charge is 2.42. The van der Waals surface area contributed by atoms with E-state index in [4.69, 9.17) is 15.2 Å². The van der Waals surface area contributed by atoms with Crippen LogP contribution < -0.4 is 15.2 Å². The second-order valence-electron chi connectivity index (χ2n) is 5.69. The third kappa shape index (κ3) is 3.09. The van der Waals surface area contributed by atoms with Crippen LogP contribution in [0, 0.1) is 0 Å². The molecular formula is C15H21ClN2O3. The van der Waals surface area contributed by atoms with E-state index in [1.807, 2.05) is 24.3 Å². The van der Waals surface area contributed by atoms with Crippen molar-refractivity contribution in [3.63, 3.8) is 0 Å². The minimum absolute atomic E-state index is 0. The molecule has 116 valence electrons. The van der Waals surface area contributed by atoms with E-state index in [0.29, 0.717) is 13.2 Å². The van der Waals surface area contributed by atoms with E-state index >= 15 is 0 Å². The molecule has 1 saturated carbocycles. The number of nitrogens with two attached hydrogens (primary N) is 1. The molecule has 1 aromatic rings. The van der Waals surface area contributed by atoms with Gasteiger partial charge in [0.2, 0.25) is 5.91 Å². The van der Waals surface area contributed by atoms with Gasteiger partial charge in [-0.1, -0.05) is 12.1 Å². The quantitative estimate of drug-likeness (QED) is 0.920. The van der Waals surface area contributed by atoms with Gasteiger partial charge in [0.05, 0.1) is 12.1 Å². The number of amides is 1. The molecule has 5 nitrogen and oxygen atoms in total. The average Bonchev–Trinajstić information content (AvgIpc) is 2.43. The van der Waals surface area contributed by atoms with Gasteiger partial charge in [-0.05, 0) is 31.4 Å². The van der Waals surface area contributed by atoms with Crippen LogP contribution in [0.25, 0.3) is 0 Å². The number of hydrogen-bond donors (Lipinski definition) is 1. The first-order valence-electron chi connectivity index (χ1n) is 7.01. The fourth-order valence-corrected chi connectivity index (χ4v) is 2.69. The Morgan fingerprint density at radius 1 is 1.38 bits per heavy atom. The molecule has 0 radical (unpaired) electrons. The molecule has 1 unspecified atom stereocenters. The van der Waals surface area contributed by atoms with Gasteiger partial charge >= 0.3 is 0 Å². The van der Waals surface area contributed by atoms with E-state index in [9.17, 15) is 4.79 Å². The summed E-state index contributed by atoms with van der Waals surface area (Å²) in [6.07, 6.45) is 2.44. The second kappa shape index (κ2) is 6.12. The zero-order chi connectivity index (χ0) is 14.2. The van der Waals surface area contributed by atoms with Gasteiger partial charge < -0.3 is 20.1 Å². The summed E-state index contributed by atoms with van der Waals surface area (Å²) in [6.45, 7) is 0.943. The molecule has 0 aromatic heterocycles. The average molecular weight is 313 g/mol. The maximum atomic E-state index is 12.3. The van der Waals surface area contributed by atoms with Gasteiger partial charge in [0.25, 0.3) is 0 Å². The molecular weight excluding hydrogens is 292 g/mol. The van der Waals surface area contributed by atoms with Crippen LogP contribution in [0.2, 0.25) is 0 Å². The molecule has 0 spiro atoms. The van der Waals surface area contributed by atoms with Gasteiger partial charge in [-0.25, -0.2) is 0 Å². The number of hydrogen-bond acceptors (Lipinski definition) is 4. The van der Waals surface area contributed by atoms with Crippen molar-refractivity contribution >= 4 is 18.3 Å². The molecule has 2 aliphatic rings. The van der Waals surface area contributed by atoms with Gasteiger partial charge in [0.15, 0.2) is 17.6 Å². The summed E-state index contributed by atoms with van der Waals surface area (Å²) in [5, 5.41) is 0. The lowest BCUT2D eigenvalue weighted by molar-refractivity contribution is -0.140. The fraction of sp³-hybridized carbons (Fsp3) is 0.533. The van der Waals surface area contributed by atoms with Crippen molar-refractivity contribution in [2.24, 2.45) is 5.73 Å². The predicted octanol–water partition coefficient (Wildman–Crippen LogP) is 1.59. The number of carbonyl (C=O) groups is 1. The lowest BCUT2D eigenvalue weighted by atomic mass is 9.76. The molecule has 1 atom stereocenters. The zero-order valence-corrected chi connectivity index (χ0v) is 12.9. The Balaban J connectivity index is 0.00000161. The number of para-hydroxylation sites is 2. The molecule has 1 fully saturated rings.